The SMILES string of the molecule is CCOC(=O)NC(=NC(CC(C)(C)C)C(=O)N(C#N)CCCCc1ccccc1)c1ccccc1. The van der Waals surface area contributed by atoms with Gasteiger partial charge in [0, 0.05) is 12.1 Å². The van der Waals surface area contributed by atoms with E-state index in [1.54, 1.807) is 19.1 Å². The normalized spacial score (nSPS) is 12.4. The van der Waals surface area contributed by atoms with Crippen LogP contribution in [0.15, 0.2) is 65.7 Å². The van der Waals surface area contributed by atoms with Crippen LogP contribution in [0.3, 0.4) is 0 Å². The van der Waals surface area contributed by atoms with Crippen LogP contribution in [-0.4, -0.2) is 41.9 Å². The van der Waals surface area contributed by atoms with Crippen molar-refractivity contribution < 1.29 is 14.3 Å². The minimum Gasteiger partial charge on any atom is -0.450 e. The molecule has 7 heteroatoms. The molecule has 0 aliphatic carbocycles. The molecule has 0 saturated carbocycles. The van der Waals surface area contributed by atoms with Gasteiger partial charge in [-0.2, -0.15) is 5.26 Å². The summed E-state index contributed by atoms with van der Waals surface area (Å²) >= 11 is 0. The second kappa shape index (κ2) is 13.9. The molecule has 0 aliphatic rings. The molecule has 0 aliphatic heterocycles. The van der Waals surface area contributed by atoms with Gasteiger partial charge in [-0.05, 0) is 43.6 Å². The molecule has 35 heavy (non-hydrogen) atoms. The average Bonchev–Trinajstić information content (AvgIpc) is 2.83. The summed E-state index contributed by atoms with van der Waals surface area (Å²) < 4.78 is 5.03. The van der Waals surface area contributed by atoms with Crippen molar-refractivity contribution in [3.63, 3.8) is 0 Å². The van der Waals surface area contributed by atoms with Crippen LogP contribution in [0.1, 0.15) is 58.1 Å². The Morgan fingerprint density at radius 3 is 2.26 bits per heavy atom. The second-order valence-electron chi connectivity index (χ2n) is 9.50. The lowest BCUT2D eigenvalue weighted by Crippen LogP contribution is -2.40. The smallest absolute Gasteiger partial charge is 0.412 e. The topological polar surface area (TPSA) is 94.8 Å². The van der Waals surface area contributed by atoms with Crippen molar-refractivity contribution in [1.29, 1.82) is 5.26 Å². The quantitative estimate of drug-likeness (QED) is 0.165. The van der Waals surface area contributed by atoms with Gasteiger partial charge in [0.2, 0.25) is 0 Å². The molecule has 0 aromatic heterocycles. The standard InChI is InChI=1S/C28H36N4O3/c1-5-35-27(34)31-25(23-17-10-7-11-18-23)30-24(20-28(2,3)4)26(33)32(21-29)19-13-12-16-22-14-8-6-9-15-22/h6-11,14-15,17-18,24H,5,12-13,16,19-20H2,1-4H3,(H,30,31,34). The number of carbonyl (C=O) groups excluding carboxylic acids is 2. The fraction of sp³-hybridized carbons (Fsp3) is 0.429. The number of nitriles is 1. The van der Waals surface area contributed by atoms with Gasteiger partial charge in [-0.3, -0.25) is 15.1 Å². The zero-order valence-electron chi connectivity index (χ0n) is 21.2. The zero-order chi connectivity index (χ0) is 25.7. The number of nitrogens with one attached hydrogen (secondary N) is 1. The van der Waals surface area contributed by atoms with E-state index < -0.39 is 12.1 Å². The predicted octanol–water partition coefficient (Wildman–Crippen LogP) is 5.32. The Hall–Kier alpha value is -3.66. The Kier molecular flexibility index (Phi) is 11.0. The zero-order valence-corrected chi connectivity index (χ0v) is 21.2. The molecule has 0 bridgehead atoms. The third-order valence-corrected chi connectivity index (χ3v) is 5.25. The summed E-state index contributed by atoms with van der Waals surface area (Å²) in [5.41, 5.74) is 1.65. The maximum Gasteiger partial charge on any atom is 0.412 e. The predicted molar refractivity (Wildman–Crippen MR) is 138 cm³/mol. The Morgan fingerprint density at radius 1 is 1.06 bits per heavy atom. The number of carbonyl (C=O) groups is 2. The molecule has 0 fully saturated rings. The fourth-order valence-corrected chi connectivity index (χ4v) is 3.60. The summed E-state index contributed by atoms with van der Waals surface area (Å²) in [5.74, 6) is -0.130. The molecule has 186 valence electrons. The monoisotopic (exact) mass is 476 g/mol. The summed E-state index contributed by atoms with van der Waals surface area (Å²) in [6, 6.07) is 18.4. The van der Waals surface area contributed by atoms with E-state index in [-0.39, 0.29) is 23.8 Å². The number of unbranched alkanes of at least 4 members (excludes halogenated alkanes) is 1. The van der Waals surface area contributed by atoms with Gasteiger partial charge in [0.1, 0.15) is 11.9 Å². The molecule has 1 atom stereocenters. The minimum atomic E-state index is -0.832. The van der Waals surface area contributed by atoms with E-state index >= 15 is 0 Å². The number of nitrogens with zero attached hydrogens (tertiary/aromatic N) is 3. The first-order valence-corrected chi connectivity index (χ1v) is 12.1. The molecular formula is C28H36N4O3. The number of benzene rings is 2. The van der Waals surface area contributed by atoms with Crippen molar-refractivity contribution in [2.24, 2.45) is 10.4 Å². The van der Waals surface area contributed by atoms with E-state index in [0.29, 0.717) is 24.9 Å². The highest BCUT2D eigenvalue weighted by molar-refractivity contribution is 6.07. The largest absolute Gasteiger partial charge is 0.450 e. The summed E-state index contributed by atoms with van der Waals surface area (Å²) in [4.78, 5) is 31.5. The number of amidine groups is 1. The number of amides is 2. The van der Waals surface area contributed by atoms with Crippen molar-refractivity contribution >= 4 is 17.8 Å². The number of hydrogen-bond acceptors (Lipinski definition) is 5. The summed E-state index contributed by atoms with van der Waals surface area (Å²) in [6.45, 7) is 8.29. The van der Waals surface area contributed by atoms with Gasteiger partial charge in [0.05, 0.1) is 6.61 Å². The summed E-state index contributed by atoms with van der Waals surface area (Å²) in [5, 5.41) is 12.4. The van der Waals surface area contributed by atoms with Gasteiger partial charge < -0.3 is 4.74 Å². The lowest BCUT2D eigenvalue weighted by atomic mass is 9.87. The van der Waals surface area contributed by atoms with Gasteiger partial charge in [0.15, 0.2) is 6.19 Å². The summed E-state index contributed by atoms with van der Waals surface area (Å²) in [7, 11) is 0. The van der Waals surface area contributed by atoms with Crippen LogP contribution in [0.2, 0.25) is 0 Å². The Morgan fingerprint density at radius 2 is 1.69 bits per heavy atom. The van der Waals surface area contributed by atoms with E-state index in [0.717, 1.165) is 12.8 Å². The third kappa shape index (κ3) is 10.0. The van der Waals surface area contributed by atoms with E-state index in [1.165, 1.54) is 10.5 Å². The van der Waals surface area contributed by atoms with Crippen molar-refractivity contribution in [2.75, 3.05) is 13.2 Å². The van der Waals surface area contributed by atoms with Gasteiger partial charge in [-0.1, -0.05) is 81.4 Å². The van der Waals surface area contributed by atoms with Gasteiger partial charge >= 0.3 is 6.09 Å². The van der Waals surface area contributed by atoms with Crippen LogP contribution in [0.4, 0.5) is 4.79 Å². The van der Waals surface area contributed by atoms with Crippen LogP contribution >= 0.6 is 0 Å². The van der Waals surface area contributed by atoms with Crippen LogP contribution in [0.25, 0.3) is 0 Å². The van der Waals surface area contributed by atoms with E-state index in [9.17, 15) is 14.9 Å². The number of rotatable bonds is 10. The minimum absolute atomic E-state index is 0.212. The van der Waals surface area contributed by atoms with Crippen LogP contribution < -0.4 is 5.32 Å². The number of alkyl carbamates (subject to hydrolysis) is 1. The van der Waals surface area contributed by atoms with Crippen LogP contribution in [0.5, 0.6) is 0 Å². The fourth-order valence-electron chi connectivity index (χ4n) is 3.60. The Labute approximate surface area is 208 Å². The third-order valence-electron chi connectivity index (χ3n) is 5.25. The highest BCUT2D eigenvalue weighted by Crippen LogP contribution is 2.24. The van der Waals surface area contributed by atoms with Gasteiger partial charge in [-0.15, -0.1) is 0 Å². The van der Waals surface area contributed by atoms with Crippen LogP contribution in [-0.2, 0) is 16.0 Å². The number of aryl methyl sites for hydroxylation is 1. The van der Waals surface area contributed by atoms with Gasteiger partial charge in [-0.25, -0.2) is 9.69 Å². The maximum atomic E-state index is 13.4. The number of ether oxygens (including phenoxy) is 1. The first-order chi connectivity index (χ1) is 16.7. The Bertz CT molecular complexity index is 1010. The van der Waals surface area contributed by atoms with E-state index in [1.807, 2.05) is 63.4 Å². The van der Waals surface area contributed by atoms with Gasteiger partial charge in [0.25, 0.3) is 5.91 Å². The lowest BCUT2D eigenvalue weighted by Gasteiger charge is -2.26. The van der Waals surface area contributed by atoms with Crippen molar-refractivity contribution in [3.05, 3.63) is 71.8 Å². The first kappa shape index (κ1) is 27.6. The molecule has 2 aromatic rings. The van der Waals surface area contributed by atoms with Crippen molar-refractivity contribution in [2.45, 2.75) is 59.4 Å². The van der Waals surface area contributed by atoms with Crippen molar-refractivity contribution in [3.8, 4) is 6.19 Å². The summed E-state index contributed by atoms with van der Waals surface area (Å²) in [6.07, 6.45) is 4.26. The lowest BCUT2D eigenvalue weighted by molar-refractivity contribution is -0.130. The van der Waals surface area contributed by atoms with Crippen molar-refractivity contribution in [1.82, 2.24) is 10.2 Å². The molecule has 0 spiro atoms. The molecule has 2 amide bonds. The second-order valence-corrected chi connectivity index (χ2v) is 9.50. The number of aliphatic imine (C=N–C) groups is 1. The molecule has 1 N–H and O–H groups in total. The molecule has 0 saturated heterocycles. The molecule has 0 radical (unpaired) electrons. The molecule has 0 heterocycles. The molecule has 7 nitrogen and oxygen atoms in total. The van der Waals surface area contributed by atoms with Crippen LogP contribution in [0, 0.1) is 16.9 Å². The molecule has 2 aromatic carbocycles. The maximum absolute atomic E-state index is 13.4. The highest BCUT2D eigenvalue weighted by atomic mass is 16.5. The van der Waals surface area contributed by atoms with E-state index in [4.69, 9.17) is 4.74 Å². The Balaban J connectivity index is 2.22. The molecular weight excluding hydrogens is 440 g/mol. The molecule has 1 unspecified atom stereocenters. The number of hydrogen-bond donors (Lipinski definition) is 1. The molecule has 2 rings (SSSR count). The first-order valence-electron chi connectivity index (χ1n) is 12.1. The van der Waals surface area contributed by atoms with E-state index in [2.05, 4.69) is 22.4 Å². The average molecular weight is 477 g/mol. The highest BCUT2D eigenvalue weighted by Gasteiger charge is 2.29.